The Morgan fingerprint density at radius 2 is 1.78 bits per heavy atom. The van der Waals surface area contributed by atoms with Crippen molar-refractivity contribution in [2.45, 2.75) is 25.9 Å². The standard InChI is InChI=1S/C18H31N3O5S/c1-21(12-5-10-19,14-7-15-27(23,24)25)13-6-11-20-18(22)26-16-17-8-3-2-4-9-17/h2-4,8-9H,5-7,10-16,19H2,1H3,(H-,20,22,23,24,25)/p+1. The van der Waals surface area contributed by atoms with Crippen molar-refractivity contribution in [3.8, 4) is 0 Å². The van der Waals surface area contributed by atoms with Gasteiger partial charge in [-0.2, -0.15) is 8.42 Å². The molecule has 154 valence electrons. The molecule has 1 aromatic rings. The van der Waals surface area contributed by atoms with E-state index < -0.39 is 16.2 Å². The Bertz CT molecular complexity index is 654. The number of ether oxygens (including phenoxy) is 1. The van der Waals surface area contributed by atoms with Crippen molar-refractivity contribution < 1.29 is 27.0 Å². The fraction of sp³-hybridized carbons (Fsp3) is 0.611. The lowest BCUT2D eigenvalue weighted by Crippen LogP contribution is -2.48. The van der Waals surface area contributed by atoms with E-state index in [4.69, 9.17) is 15.0 Å². The van der Waals surface area contributed by atoms with Crippen molar-refractivity contribution in [1.29, 1.82) is 0 Å². The van der Waals surface area contributed by atoms with Crippen LogP contribution in [0.3, 0.4) is 0 Å². The van der Waals surface area contributed by atoms with E-state index in [1.54, 1.807) is 0 Å². The van der Waals surface area contributed by atoms with E-state index in [2.05, 4.69) is 5.32 Å². The van der Waals surface area contributed by atoms with Crippen molar-refractivity contribution in [2.24, 2.45) is 5.73 Å². The van der Waals surface area contributed by atoms with Gasteiger partial charge < -0.3 is 20.3 Å². The highest BCUT2D eigenvalue weighted by atomic mass is 32.2. The van der Waals surface area contributed by atoms with Crippen molar-refractivity contribution >= 4 is 16.2 Å². The van der Waals surface area contributed by atoms with E-state index in [9.17, 15) is 13.2 Å². The third-order valence-electron chi connectivity index (χ3n) is 4.36. The molecule has 0 saturated heterocycles. The van der Waals surface area contributed by atoms with Gasteiger partial charge in [-0.05, 0) is 12.1 Å². The Labute approximate surface area is 162 Å². The van der Waals surface area contributed by atoms with E-state index >= 15 is 0 Å². The first kappa shape index (κ1) is 23.4. The van der Waals surface area contributed by atoms with Crippen LogP contribution in [-0.2, 0) is 21.5 Å². The second kappa shape index (κ2) is 11.9. The minimum Gasteiger partial charge on any atom is -0.445 e. The molecule has 0 bridgehead atoms. The SMILES string of the molecule is C[N+](CCCN)(CCCNC(=O)OCc1ccccc1)CCCS(=O)(=O)O. The van der Waals surface area contributed by atoms with Crippen LogP contribution in [-0.4, -0.2) is 69.1 Å². The molecule has 9 heteroatoms. The molecule has 8 nitrogen and oxygen atoms in total. The fourth-order valence-electron chi connectivity index (χ4n) is 2.86. The zero-order valence-corrected chi connectivity index (χ0v) is 16.8. The summed E-state index contributed by atoms with van der Waals surface area (Å²) < 4.78 is 36.5. The highest BCUT2D eigenvalue weighted by Crippen LogP contribution is 2.08. The monoisotopic (exact) mass is 402 g/mol. The predicted octanol–water partition coefficient (Wildman–Crippen LogP) is 1.38. The Kier molecular flexibility index (Phi) is 10.3. The summed E-state index contributed by atoms with van der Waals surface area (Å²) in [5.41, 5.74) is 6.52. The topological polar surface area (TPSA) is 119 Å². The largest absolute Gasteiger partial charge is 0.445 e. The van der Waals surface area contributed by atoms with E-state index in [0.717, 1.165) is 31.5 Å². The number of benzene rings is 1. The van der Waals surface area contributed by atoms with Crippen molar-refractivity contribution in [3.05, 3.63) is 35.9 Å². The molecule has 0 radical (unpaired) electrons. The lowest BCUT2D eigenvalue weighted by atomic mass is 10.2. The maximum Gasteiger partial charge on any atom is 0.407 e. The minimum absolute atomic E-state index is 0.229. The molecule has 1 atom stereocenters. The van der Waals surface area contributed by atoms with Gasteiger partial charge in [-0.3, -0.25) is 4.55 Å². The van der Waals surface area contributed by atoms with Crippen LogP contribution in [0.1, 0.15) is 24.8 Å². The van der Waals surface area contributed by atoms with Crippen LogP contribution < -0.4 is 11.1 Å². The van der Waals surface area contributed by atoms with Crippen LogP contribution in [0.25, 0.3) is 0 Å². The van der Waals surface area contributed by atoms with Gasteiger partial charge in [-0.15, -0.1) is 0 Å². The molecule has 1 unspecified atom stereocenters. The molecule has 27 heavy (non-hydrogen) atoms. The number of hydrogen-bond donors (Lipinski definition) is 3. The zero-order valence-electron chi connectivity index (χ0n) is 16.0. The number of nitrogens with one attached hydrogen (secondary N) is 1. The normalized spacial score (nSPS) is 13.7. The molecule has 0 fully saturated rings. The second-order valence-electron chi connectivity index (χ2n) is 6.91. The molecule has 0 aromatic heterocycles. The highest BCUT2D eigenvalue weighted by molar-refractivity contribution is 7.85. The number of carbonyl (C=O) groups excluding carboxylic acids is 1. The number of quaternary nitrogens is 1. The van der Waals surface area contributed by atoms with Crippen molar-refractivity contribution in [3.63, 3.8) is 0 Å². The number of carbonyl (C=O) groups is 1. The molecule has 0 saturated carbocycles. The van der Waals surface area contributed by atoms with Gasteiger partial charge in [0, 0.05) is 25.8 Å². The maximum absolute atomic E-state index is 11.7. The summed E-state index contributed by atoms with van der Waals surface area (Å²) in [5.74, 6) is -0.243. The Morgan fingerprint density at radius 3 is 2.41 bits per heavy atom. The van der Waals surface area contributed by atoms with Crippen LogP contribution in [0.5, 0.6) is 0 Å². The molecule has 0 aliphatic heterocycles. The first-order valence-electron chi connectivity index (χ1n) is 9.17. The predicted molar refractivity (Wildman–Crippen MR) is 105 cm³/mol. The fourth-order valence-corrected chi connectivity index (χ4v) is 3.36. The molecule has 1 aromatic carbocycles. The van der Waals surface area contributed by atoms with Crippen LogP contribution in [0.2, 0.25) is 0 Å². The third kappa shape index (κ3) is 11.6. The second-order valence-corrected chi connectivity index (χ2v) is 8.49. The molecule has 0 aliphatic rings. The van der Waals surface area contributed by atoms with Crippen molar-refractivity contribution in [1.82, 2.24) is 5.32 Å². The zero-order chi connectivity index (χ0) is 20.2. The van der Waals surface area contributed by atoms with Gasteiger partial charge in [0.15, 0.2) is 0 Å². The van der Waals surface area contributed by atoms with E-state index in [0.29, 0.717) is 30.5 Å². The number of alkyl carbamates (subject to hydrolysis) is 1. The molecule has 0 aliphatic carbocycles. The molecular formula is C18H32N3O5S+. The van der Waals surface area contributed by atoms with Crippen LogP contribution in [0.4, 0.5) is 4.79 Å². The molecule has 1 amide bonds. The highest BCUT2D eigenvalue weighted by Gasteiger charge is 2.21. The number of rotatable bonds is 13. The Balaban J connectivity index is 2.31. The lowest BCUT2D eigenvalue weighted by molar-refractivity contribution is -0.909. The number of amides is 1. The van der Waals surface area contributed by atoms with Gasteiger partial charge in [0.05, 0.1) is 32.4 Å². The minimum atomic E-state index is -3.94. The third-order valence-corrected chi connectivity index (χ3v) is 5.16. The van der Waals surface area contributed by atoms with Gasteiger partial charge in [0.25, 0.3) is 10.1 Å². The van der Waals surface area contributed by atoms with Gasteiger partial charge >= 0.3 is 6.09 Å². The summed E-state index contributed by atoms with van der Waals surface area (Å²) in [6.07, 6.45) is 1.48. The van der Waals surface area contributed by atoms with Crippen molar-refractivity contribution in [2.75, 3.05) is 45.5 Å². The van der Waals surface area contributed by atoms with E-state index in [1.165, 1.54) is 0 Å². The summed E-state index contributed by atoms with van der Waals surface area (Å²) in [6, 6.07) is 9.46. The molecule has 1 rings (SSSR count). The molecule has 0 spiro atoms. The lowest BCUT2D eigenvalue weighted by Gasteiger charge is -2.34. The first-order chi connectivity index (χ1) is 12.7. The van der Waals surface area contributed by atoms with Gasteiger partial charge in [-0.1, -0.05) is 30.3 Å². The average Bonchev–Trinajstić information content (AvgIpc) is 2.62. The molecule has 0 heterocycles. The maximum atomic E-state index is 11.7. The smallest absolute Gasteiger partial charge is 0.407 e. The summed E-state index contributed by atoms with van der Waals surface area (Å²) in [6.45, 7) is 3.48. The molecular weight excluding hydrogens is 370 g/mol. The average molecular weight is 403 g/mol. The number of nitrogens with two attached hydrogens (primary N) is 1. The summed E-state index contributed by atoms with van der Waals surface area (Å²) >= 11 is 0. The Morgan fingerprint density at radius 1 is 1.15 bits per heavy atom. The summed E-state index contributed by atoms with van der Waals surface area (Å²) in [4.78, 5) is 11.7. The first-order valence-corrected chi connectivity index (χ1v) is 10.8. The van der Waals surface area contributed by atoms with Gasteiger partial charge in [-0.25, -0.2) is 4.79 Å². The van der Waals surface area contributed by atoms with Gasteiger partial charge in [0.2, 0.25) is 0 Å². The molecule has 4 N–H and O–H groups in total. The van der Waals surface area contributed by atoms with Crippen LogP contribution in [0.15, 0.2) is 30.3 Å². The summed E-state index contributed by atoms with van der Waals surface area (Å²) in [7, 11) is -1.91. The van der Waals surface area contributed by atoms with Crippen LogP contribution in [0, 0.1) is 0 Å². The summed E-state index contributed by atoms with van der Waals surface area (Å²) in [5, 5.41) is 2.73. The number of hydrogen-bond acceptors (Lipinski definition) is 5. The number of nitrogens with zero attached hydrogens (tertiary/aromatic N) is 1. The van der Waals surface area contributed by atoms with Gasteiger partial charge in [0.1, 0.15) is 6.61 Å². The van der Waals surface area contributed by atoms with E-state index in [-0.39, 0.29) is 12.4 Å². The van der Waals surface area contributed by atoms with E-state index in [1.807, 2.05) is 37.4 Å². The quantitative estimate of drug-likeness (QED) is 0.261. The Hall–Kier alpha value is -1.68. The van der Waals surface area contributed by atoms with Crippen LogP contribution >= 0.6 is 0 Å².